The fraction of sp³-hybridized carbons (Fsp3) is 0.909. The van der Waals surface area contributed by atoms with Crippen LogP contribution >= 0.6 is 0 Å². The number of aliphatic hydroxyl groups excluding tert-OH is 1. The number of methoxy groups -OCH3 is 1. The van der Waals surface area contributed by atoms with Crippen molar-refractivity contribution in [3.05, 3.63) is 0 Å². The van der Waals surface area contributed by atoms with Crippen LogP contribution in [0, 0.1) is 5.41 Å². The van der Waals surface area contributed by atoms with Crippen molar-refractivity contribution in [3.8, 4) is 0 Å². The highest BCUT2D eigenvalue weighted by Gasteiger charge is 2.28. The molecule has 0 spiro atoms. The minimum Gasteiger partial charge on any atom is -0.469 e. The molecule has 4 heteroatoms. The summed E-state index contributed by atoms with van der Waals surface area (Å²) in [5.74, 6) is -0.204. The Hall–Kier alpha value is -0.610. The summed E-state index contributed by atoms with van der Waals surface area (Å²) in [4.78, 5) is 11.4. The molecule has 15 heavy (non-hydrogen) atoms. The first-order chi connectivity index (χ1) is 6.94. The van der Waals surface area contributed by atoms with Gasteiger partial charge >= 0.3 is 5.97 Å². The molecule has 0 radical (unpaired) electrons. The van der Waals surface area contributed by atoms with E-state index in [0.29, 0.717) is 12.6 Å². The van der Waals surface area contributed by atoms with E-state index in [-0.39, 0.29) is 12.6 Å². The van der Waals surface area contributed by atoms with Gasteiger partial charge in [-0.15, -0.1) is 0 Å². The van der Waals surface area contributed by atoms with E-state index in [9.17, 15) is 4.79 Å². The van der Waals surface area contributed by atoms with Crippen molar-refractivity contribution in [2.45, 2.75) is 39.7 Å². The number of carbonyl (C=O) groups is 1. The van der Waals surface area contributed by atoms with Gasteiger partial charge in [0.1, 0.15) is 0 Å². The number of hydrogen-bond donors (Lipinski definition) is 2. The third-order valence-electron chi connectivity index (χ3n) is 2.43. The smallest absolute Gasteiger partial charge is 0.312 e. The first kappa shape index (κ1) is 14.4. The van der Waals surface area contributed by atoms with Crippen LogP contribution in [0.25, 0.3) is 0 Å². The van der Waals surface area contributed by atoms with E-state index in [1.54, 1.807) is 0 Å². The monoisotopic (exact) mass is 217 g/mol. The molecule has 0 aromatic heterocycles. The lowest BCUT2D eigenvalue weighted by Gasteiger charge is -2.24. The Kier molecular flexibility index (Phi) is 6.52. The Morgan fingerprint density at radius 1 is 1.53 bits per heavy atom. The lowest BCUT2D eigenvalue weighted by molar-refractivity contribution is -0.150. The predicted molar refractivity (Wildman–Crippen MR) is 59.6 cm³/mol. The number of ether oxygens (including phenoxy) is 1. The summed E-state index contributed by atoms with van der Waals surface area (Å²) in [7, 11) is 1.40. The van der Waals surface area contributed by atoms with Gasteiger partial charge in [0.15, 0.2) is 0 Å². The SMILES string of the molecule is COC(=O)C(C)(C)CNC(C)CCCO. The molecule has 0 amide bonds. The third kappa shape index (κ3) is 5.74. The van der Waals surface area contributed by atoms with Crippen LogP contribution in [0.1, 0.15) is 33.6 Å². The number of nitrogens with one attached hydrogen (secondary N) is 1. The predicted octanol–water partition coefficient (Wildman–Crippen LogP) is 0.936. The van der Waals surface area contributed by atoms with E-state index < -0.39 is 5.41 Å². The normalized spacial score (nSPS) is 13.7. The van der Waals surface area contributed by atoms with E-state index in [4.69, 9.17) is 9.84 Å². The van der Waals surface area contributed by atoms with Gasteiger partial charge in [0.2, 0.25) is 0 Å². The lowest BCUT2D eigenvalue weighted by atomic mass is 9.93. The number of hydrogen-bond acceptors (Lipinski definition) is 4. The molecule has 0 aliphatic carbocycles. The van der Waals surface area contributed by atoms with Crippen LogP contribution in [-0.2, 0) is 9.53 Å². The largest absolute Gasteiger partial charge is 0.469 e. The Balaban J connectivity index is 3.87. The zero-order valence-corrected chi connectivity index (χ0v) is 10.2. The molecule has 0 heterocycles. The Morgan fingerprint density at radius 2 is 2.13 bits per heavy atom. The molecule has 0 fully saturated rings. The summed E-state index contributed by atoms with van der Waals surface area (Å²) in [5.41, 5.74) is -0.498. The van der Waals surface area contributed by atoms with Gasteiger partial charge in [-0.1, -0.05) is 0 Å². The van der Waals surface area contributed by atoms with E-state index >= 15 is 0 Å². The molecule has 1 atom stereocenters. The molecule has 0 aromatic carbocycles. The van der Waals surface area contributed by atoms with Gasteiger partial charge in [0.25, 0.3) is 0 Å². The zero-order chi connectivity index (χ0) is 11.9. The molecular formula is C11H23NO3. The molecule has 0 rings (SSSR count). The van der Waals surface area contributed by atoms with Crippen LogP contribution in [0.2, 0.25) is 0 Å². The lowest BCUT2D eigenvalue weighted by Crippen LogP contribution is -2.40. The van der Waals surface area contributed by atoms with Gasteiger partial charge in [-0.05, 0) is 33.6 Å². The van der Waals surface area contributed by atoms with E-state index in [0.717, 1.165) is 12.8 Å². The number of aliphatic hydroxyl groups is 1. The van der Waals surface area contributed by atoms with E-state index in [1.165, 1.54) is 7.11 Å². The first-order valence-corrected chi connectivity index (χ1v) is 5.36. The molecule has 0 saturated carbocycles. The van der Waals surface area contributed by atoms with Gasteiger partial charge in [-0.25, -0.2) is 0 Å². The minimum absolute atomic E-state index is 0.204. The van der Waals surface area contributed by atoms with Crippen LogP contribution in [0.4, 0.5) is 0 Å². The number of rotatable bonds is 7. The molecular weight excluding hydrogens is 194 g/mol. The maximum Gasteiger partial charge on any atom is 0.312 e. The van der Waals surface area contributed by atoms with Gasteiger partial charge in [-0.3, -0.25) is 4.79 Å². The molecule has 90 valence electrons. The van der Waals surface area contributed by atoms with Crippen LogP contribution in [0.15, 0.2) is 0 Å². The molecule has 0 bridgehead atoms. The molecule has 0 aromatic rings. The quantitative estimate of drug-likeness (QED) is 0.623. The highest BCUT2D eigenvalue weighted by atomic mass is 16.5. The molecule has 0 aliphatic rings. The first-order valence-electron chi connectivity index (χ1n) is 5.36. The summed E-state index contributed by atoms with van der Waals surface area (Å²) in [6.07, 6.45) is 1.70. The van der Waals surface area contributed by atoms with Crippen molar-refractivity contribution < 1.29 is 14.6 Å². The highest BCUT2D eigenvalue weighted by molar-refractivity contribution is 5.76. The van der Waals surface area contributed by atoms with Gasteiger partial charge in [0, 0.05) is 19.2 Å². The van der Waals surface area contributed by atoms with E-state index in [1.807, 2.05) is 20.8 Å². The van der Waals surface area contributed by atoms with Crippen molar-refractivity contribution in [3.63, 3.8) is 0 Å². The topological polar surface area (TPSA) is 58.6 Å². The molecule has 2 N–H and O–H groups in total. The summed E-state index contributed by atoms with van der Waals surface area (Å²) in [5, 5.41) is 11.9. The molecule has 1 unspecified atom stereocenters. The number of carbonyl (C=O) groups excluding carboxylic acids is 1. The Morgan fingerprint density at radius 3 is 2.60 bits per heavy atom. The standard InChI is InChI=1S/C11H23NO3/c1-9(6-5-7-13)12-8-11(2,3)10(14)15-4/h9,12-13H,5-8H2,1-4H3. The molecule has 0 saturated heterocycles. The van der Waals surface area contributed by atoms with Gasteiger partial charge in [-0.2, -0.15) is 0 Å². The van der Waals surface area contributed by atoms with Crippen molar-refractivity contribution in [2.24, 2.45) is 5.41 Å². The van der Waals surface area contributed by atoms with Gasteiger partial charge in [0.05, 0.1) is 12.5 Å². The van der Waals surface area contributed by atoms with Crippen LogP contribution in [0.5, 0.6) is 0 Å². The van der Waals surface area contributed by atoms with Gasteiger partial charge < -0.3 is 15.2 Å². The average Bonchev–Trinajstić information content (AvgIpc) is 2.22. The Bertz CT molecular complexity index is 192. The van der Waals surface area contributed by atoms with Crippen molar-refractivity contribution in [1.82, 2.24) is 5.32 Å². The minimum atomic E-state index is -0.498. The fourth-order valence-electron chi connectivity index (χ4n) is 1.28. The van der Waals surface area contributed by atoms with Crippen LogP contribution in [-0.4, -0.2) is 37.4 Å². The van der Waals surface area contributed by atoms with Crippen LogP contribution < -0.4 is 5.32 Å². The van der Waals surface area contributed by atoms with Crippen molar-refractivity contribution in [1.29, 1.82) is 0 Å². The second-order valence-corrected chi connectivity index (χ2v) is 4.52. The second-order valence-electron chi connectivity index (χ2n) is 4.52. The maximum absolute atomic E-state index is 11.4. The molecule has 0 aliphatic heterocycles. The molecule has 4 nitrogen and oxygen atoms in total. The van der Waals surface area contributed by atoms with E-state index in [2.05, 4.69) is 5.32 Å². The summed E-state index contributed by atoms with van der Waals surface area (Å²) >= 11 is 0. The summed E-state index contributed by atoms with van der Waals surface area (Å²) in [6.45, 7) is 6.55. The zero-order valence-electron chi connectivity index (χ0n) is 10.2. The maximum atomic E-state index is 11.4. The number of esters is 1. The summed E-state index contributed by atoms with van der Waals surface area (Å²) in [6, 6.07) is 0.307. The van der Waals surface area contributed by atoms with Crippen molar-refractivity contribution in [2.75, 3.05) is 20.3 Å². The Labute approximate surface area is 92.0 Å². The second kappa shape index (κ2) is 6.80. The fourth-order valence-corrected chi connectivity index (χ4v) is 1.28. The average molecular weight is 217 g/mol. The van der Waals surface area contributed by atoms with Crippen LogP contribution in [0.3, 0.4) is 0 Å². The van der Waals surface area contributed by atoms with Crippen molar-refractivity contribution >= 4 is 5.97 Å². The summed E-state index contributed by atoms with van der Waals surface area (Å²) < 4.78 is 4.71. The highest BCUT2D eigenvalue weighted by Crippen LogP contribution is 2.15. The third-order valence-corrected chi connectivity index (χ3v) is 2.43.